The lowest BCUT2D eigenvalue weighted by Crippen LogP contribution is -2.26. The lowest BCUT2D eigenvalue weighted by Gasteiger charge is -2.31. The number of hydrogen-bond donors (Lipinski definition) is 0. The van der Waals surface area contributed by atoms with Gasteiger partial charge in [-0.05, 0) is 55.0 Å². The smallest absolute Gasteiger partial charge is 0.342 e. The zero-order valence-corrected chi connectivity index (χ0v) is 14.3. The summed E-state index contributed by atoms with van der Waals surface area (Å²) in [5, 5.41) is 0. The van der Waals surface area contributed by atoms with E-state index in [0.717, 1.165) is 24.2 Å². The molecule has 3 rings (SSSR count). The average molecular weight is 349 g/mol. The maximum atomic E-state index is 12.5. The van der Waals surface area contributed by atoms with Crippen LogP contribution >= 0.6 is 0 Å². The molecule has 2 nitrogen and oxygen atoms in total. The Morgan fingerprint density at radius 1 is 1.12 bits per heavy atom. The van der Waals surface area contributed by atoms with Gasteiger partial charge in [-0.25, -0.2) is 0 Å². The van der Waals surface area contributed by atoms with Crippen LogP contribution in [0.5, 0.6) is 0 Å². The molecule has 1 saturated carbocycles. The monoisotopic (exact) mass is 349 g/mol. The summed E-state index contributed by atoms with van der Waals surface area (Å²) in [6, 6.07) is 6.58. The molecule has 0 saturated heterocycles. The summed E-state index contributed by atoms with van der Waals surface area (Å²) < 4.78 is 37.4. The van der Waals surface area contributed by atoms with Gasteiger partial charge in [0, 0.05) is 30.8 Å². The van der Waals surface area contributed by atoms with Crippen LogP contribution in [0.15, 0.2) is 47.7 Å². The fraction of sp³-hybridized carbons (Fsp3) is 0.450. The topological polar surface area (TPSA) is 20.3 Å². The van der Waals surface area contributed by atoms with E-state index in [9.17, 15) is 18.0 Å². The van der Waals surface area contributed by atoms with Crippen molar-refractivity contribution in [1.82, 2.24) is 0 Å². The molecule has 1 aromatic rings. The van der Waals surface area contributed by atoms with E-state index in [1.807, 2.05) is 6.92 Å². The van der Waals surface area contributed by atoms with E-state index in [0.29, 0.717) is 31.1 Å². The summed E-state index contributed by atoms with van der Waals surface area (Å²) >= 11 is 0. The van der Waals surface area contributed by atoms with Crippen molar-refractivity contribution >= 4 is 11.5 Å². The first-order valence-corrected chi connectivity index (χ1v) is 8.65. The number of rotatable bonds is 3. The highest BCUT2D eigenvalue weighted by molar-refractivity contribution is 5.79. The number of carbonyl (C=O) groups is 1. The van der Waals surface area contributed by atoms with E-state index in [1.165, 1.54) is 5.57 Å². The van der Waals surface area contributed by atoms with E-state index in [1.54, 1.807) is 24.3 Å². The van der Waals surface area contributed by atoms with Gasteiger partial charge in [0.1, 0.15) is 5.78 Å². The van der Waals surface area contributed by atoms with Crippen LogP contribution in [0.3, 0.4) is 0 Å². The predicted molar refractivity (Wildman–Crippen MR) is 92.4 cm³/mol. The van der Waals surface area contributed by atoms with Gasteiger partial charge in [-0.1, -0.05) is 18.2 Å². The van der Waals surface area contributed by atoms with E-state index in [4.69, 9.17) is 0 Å². The molecule has 0 N–H and O–H groups in total. The van der Waals surface area contributed by atoms with Crippen molar-refractivity contribution < 1.29 is 18.0 Å². The third kappa shape index (κ3) is 4.53. The van der Waals surface area contributed by atoms with E-state index in [-0.39, 0.29) is 5.56 Å². The highest BCUT2D eigenvalue weighted by Gasteiger charge is 2.28. The van der Waals surface area contributed by atoms with Crippen LogP contribution in [0.1, 0.15) is 38.2 Å². The van der Waals surface area contributed by atoms with Crippen molar-refractivity contribution in [3.63, 3.8) is 0 Å². The molecule has 1 heterocycles. The average Bonchev–Trinajstić information content (AvgIpc) is 2.55. The molecule has 2 aliphatic rings. The molecule has 1 aliphatic carbocycles. The SMILES string of the molecule is CC1=CC(C2CCC(=O)CC2)=CCN1c1ccc(CC(F)(F)F)cc1. The van der Waals surface area contributed by atoms with Gasteiger partial charge >= 0.3 is 6.18 Å². The second kappa shape index (κ2) is 7.06. The molecule has 5 heteroatoms. The number of ketones is 1. The summed E-state index contributed by atoms with van der Waals surface area (Å²) in [6.07, 6.45) is 2.42. The number of carbonyl (C=O) groups excluding carboxylic acids is 1. The molecule has 0 radical (unpaired) electrons. The summed E-state index contributed by atoms with van der Waals surface area (Å²) in [5.74, 6) is 0.804. The van der Waals surface area contributed by atoms with Gasteiger partial charge in [0.2, 0.25) is 0 Å². The first-order valence-electron chi connectivity index (χ1n) is 8.65. The lowest BCUT2D eigenvalue weighted by molar-refractivity contribution is -0.127. The summed E-state index contributed by atoms with van der Waals surface area (Å²) in [6.45, 7) is 2.73. The Labute approximate surface area is 146 Å². The minimum Gasteiger partial charge on any atom is -0.342 e. The number of allylic oxidation sites excluding steroid dienone is 3. The molecule has 0 aromatic heterocycles. The second-order valence-electron chi connectivity index (χ2n) is 6.87. The van der Waals surface area contributed by atoms with Crippen LogP contribution in [0.25, 0.3) is 0 Å². The Balaban J connectivity index is 1.67. The van der Waals surface area contributed by atoms with Gasteiger partial charge in [-0.2, -0.15) is 13.2 Å². The van der Waals surface area contributed by atoms with Crippen LogP contribution in [0.2, 0.25) is 0 Å². The van der Waals surface area contributed by atoms with Gasteiger partial charge in [0.15, 0.2) is 0 Å². The molecular weight excluding hydrogens is 327 g/mol. The minimum absolute atomic E-state index is 0.276. The predicted octanol–water partition coefficient (Wildman–Crippen LogP) is 5.20. The zero-order valence-electron chi connectivity index (χ0n) is 14.3. The molecule has 25 heavy (non-hydrogen) atoms. The Kier molecular flexibility index (Phi) is 5.02. The van der Waals surface area contributed by atoms with Crippen LogP contribution in [-0.2, 0) is 11.2 Å². The fourth-order valence-corrected chi connectivity index (χ4v) is 3.61. The molecule has 1 aromatic carbocycles. The van der Waals surface area contributed by atoms with Gasteiger partial charge < -0.3 is 4.90 Å². The molecule has 0 spiro atoms. The zero-order chi connectivity index (χ0) is 18.0. The number of hydrogen-bond acceptors (Lipinski definition) is 2. The third-order valence-electron chi connectivity index (χ3n) is 4.98. The highest BCUT2D eigenvalue weighted by atomic mass is 19.4. The van der Waals surface area contributed by atoms with Gasteiger partial charge in [-0.3, -0.25) is 4.79 Å². The molecule has 0 bridgehead atoms. The summed E-state index contributed by atoms with van der Waals surface area (Å²) in [5.41, 5.74) is 3.54. The molecule has 1 aliphatic heterocycles. The van der Waals surface area contributed by atoms with Crippen molar-refractivity contribution in [1.29, 1.82) is 0 Å². The van der Waals surface area contributed by atoms with E-state index < -0.39 is 12.6 Å². The maximum Gasteiger partial charge on any atom is 0.393 e. The largest absolute Gasteiger partial charge is 0.393 e. The number of halogens is 3. The van der Waals surface area contributed by atoms with Gasteiger partial charge in [0.05, 0.1) is 6.42 Å². The molecule has 1 fully saturated rings. The molecular formula is C20H22F3NO. The first kappa shape index (κ1) is 17.8. The number of Topliss-reactive ketones (excluding diaryl/α,β-unsaturated/α-hetero) is 1. The molecule has 0 unspecified atom stereocenters. The van der Waals surface area contributed by atoms with Crippen LogP contribution < -0.4 is 4.90 Å². The standard InChI is InChI=1S/C20H22F3NO/c1-14-12-17(16-4-8-19(25)9-5-16)10-11-24(14)18-6-2-15(3-7-18)13-20(21,22)23/h2-3,6-7,10,12,16H,4-5,8-9,11,13H2,1H3. The fourth-order valence-electron chi connectivity index (χ4n) is 3.61. The van der Waals surface area contributed by atoms with Crippen molar-refractivity contribution in [3.05, 3.63) is 53.3 Å². The van der Waals surface area contributed by atoms with Gasteiger partial charge in [0.25, 0.3) is 0 Å². The number of anilines is 1. The highest BCUT2D eigenvalue weighted by Crippen LogP contribution is 2.33. The summed E-state index contributed by atoms with van der Waals surface area (Å²) in [4.78, 5) is 13.5. The van der Waals surface area contributed by atoms with Crippen molar-refractivity contribution in [2.45, 2.75) is 45.2 Å². The van der Waals surface area contributed by atoms with Crippen molar-refractivity contribution in [2.24, 2.45) is 5.92 Å². The Hall–Kier alpha value is -2.04. The van der Waals surface area contributed by atoms with Crippen LogP contribution in [0, 0.1) is 5.92 Å². The lowest BCUT2D eigenvalue weighted by atomic mass is 9.82. The maximum absolute atomic E-state index is 12.5. The minimum atomic E-state index is -4.18. The quantitative estimate of drug-likeness (QED) is 0.747. The van der Waals surface area contributed by atoms with Crippen LogP contribution in [-0.4, -0.2) is 18.5 Å². The number of nitrogens with zero attached hydrogens (tertiary/aromatic N) is 1. The number of alkyl halides is 3. The normalized spacial score (nSPS) is 19.7. The van der Waals surface area contributed by atoms with Crippen molar-refractivity contribution in [3.8, 4) is 0 Å². The third-order valence-corrected chi connectivity index (χ3v) is 4.98. The molecule has 0 amide bonds. The van der Waals surface area contributed by atoms with E-state index >= 15 is 0 Å². The van der Waals surface area contributed by atoms with Crippen molar-refractivity contribution in [2.75, 3.05) is 11.4 Å². The van der Waals surface area contributed by atoms with Gasteiger partial charge in [-0.15, -0.1) is 0 Å². The van der Waals surface area contributed by atoms with Crippen LogP contribution in [0.4, 0.5) is 18.9 Å². The second-order valence-corrected chi connectivity index (χ2v) is 6.87. The molecule has 134 valence electrons. The molecule has 0 atom stereocenters. The Morgan fingerprint density at radius 2 is 1.76 bits per heavy atom. The summed E-state index contributed by atoms with van der Waals surface area (Å²) in [7, 11) is 0. The first-order chi connectivity index (χ1) is 11.8. The Bertz CT molecular complexity index is 691. The number of benzene rings is 1. The van der Waals surface area contributed by atoms with E-state index in [2.05, 4.69) is 17.1 Å². The Morgan fingerprint density at radius 3 is 2.32 bits per heavy atom.